The van der Waals surface area contributed by atoms with E-state index in [1.807, 2.05) is 39.0 Å². The largest absolute Gasteiger partial charge is 0.493 e. The van der Waals surface area contributed by atoms with E-state index in [4.69, 9.17) is 21.1 Å². The molecule has 5 heteroatoms. The summed E-state index contributed by atoms with van der Waals surface area (Å²) in [5.74, 6) is 0.836. The second-order valence-corrected chi connectivity index (χ2v) is 6.89. The van der Waals surface area contributed by atoms with E-state index in [1.54, 1.807) is 25.3 Å². The Morgan fingerprint density at radius 3 is 2.67 bits per heavy atom. The Kier molecular flexibility index (Phi) is 7.31. The maximum Gasteiger partial charge on any atom is 0.248 e. The van der Waals surface area contributed by atoms with Crippen LogP contribution in [0.4, 0.5) is 5.69 Å². The second-order valence-electron chi connectivity index (χ2n) is 6.49. The molecule has 4 nitrogen and oxygen atoms in total. The summed E-state index contributed by atoms with van der Waals surface area (Å²) in [7, 11) is 1.56. The van der Waals surface area contributed by atoms with Crippen molar-refractivity contribution in [3.05, 3.63) is 58.1 Å². The summed E-state index contributed by atoms with van der Waals surface area (Å²) >= 11 is 6.32. The summed E-state index contributed by atoms with van der Waals surface area (Å²) in [4.78, 5) is 12.4. The third-order valence-electron chi connectivity index (χ3n) is 4.02. The number of anilines is 1. The highest BCUT2D eigenvalue weighted by Crippen LogP contribution is 2.37. The molecule has 2 aromatic carbocycles. The maximum atomic E-state index is 12.4. The zero-order valence-electron chi connectivity index (χ0n) is 16.4. The minimum Gasteiger partial charge on any atom is -0.493 e. The van der Waals surface area contributed by atoms with Gasteiger partial charge in [-0.05, 0) is 62.1 Å². The number of aryl methyl sites for hydroxylation is 2. The van der Waals surface area contributed by atoms with Crippen LogP contribution >= 0.6 is 11.6 Å². The van der Waals surface area contributed by atoms with Gasteiger partial charge in [-0.15, -0.1) is 0 Å². The van der Waals surface area contributed by atoms with Gasteiger partial charge in [-0.2, -0.15) is 0 Å². The first-order chi connectivity index (χ1) is 12.8. The summed E-state index contributed by atoms with van der Waals surface area (Å²) in [6, 6.07) is 9.53. The van der Waals surface area contributed by atoms with Crippen LogP contribution in [0.25, 0.3) is 6.08 Å². The van der Waals surface area contributed by atoms with Gasteiger partial charge in [-0.1, -0.05) is 36.7 Å². The van der Waals surface area contributed by atoms with E-state index in [0.29, 0.717) is 16.5 Å². The number of hydrogen-bond donors (Lipinski definition) is 1. The Morgan fingerprint density at radius 1 is 1.30 bits per heavy atom. The molecule has 0 saturated carbocycles. The van der Waals surface area contributed by atoms with E-state index in [-0.39, 0.29) is 12.0 Å². The van der Waals surface area contributed by atoms with Crippen molar-refractivity contribution in [2.75, 3.05) is 12.4 Å². The Labute approximate surface area is 166 Å². The molecule has 1 amide bonds. The highest BCUT2D eigenvalue weighted by Gasteiger charge is 2.13. The number of carbonyl (C=O) groups is 1. The van der Waals surface area contributed by atoms with Crippen LogP contribution in [0, 0.1) is 6.92 Å². The number of nitrogens with one attached hydrogen (secondary N) is 1. The van der Waals surface area contributed by atoms with Gasteiger partial charge in [0.15, 0.2) is 11.5 Å². The van der Waals surface area contributed by atoms with Gasteiger partial charge in [0.1, 0.15) is 0 Å². The van der Waals surface area contributed by atoms with E-state index in [2.05, 4.69) is 12.2 Å². The molecule has 1 N–H and O–H groups in total. The number of rotatable bonds is 7. The molecule has 0 unspecified atom stereocenters. The van der Waals surface area contributed by atoms with Crippen molar-refractivity contribution in [2.45, 2.75) is 40.2 Å². The van der Waals surface area contributed by atoms with E-state index in [0.717, 1.165) is 28.8 Å². The average molecular weight is 388 g/mol. The van der Waals surface area contributed by atoms with Crippen LogP contribution in [0.3, 0.4) is 0 Å². The van der Waals surface area contributed by atoms with Gasteiger partial charge in [0.2, 0.25) is 5.91 Å². The highest BCUT2D eigenvalue weighted by atomic mass is 35.5. The maximum absolute atomic E-state index is 12.4. The molecule has 2 aromatic rings. The molecular formula is C22H26ClNO3. The molecule has 2 rings (SSSR count). The average Bonchev–Trinajstić information content (AvgIpc) is 2.63. The van der Waals surface area contributed by atoms with Crippen molar-refractivity contribution in [1.82, 2.24) is 0 Å². The normalized spacial score (nSPS) is 11.1. The van der Waals surface area contributed by atoms with E-state index >= 15 is 0 Å². The quantitative estimate of drug-likeness (QED) is 0.623. The number of hydrogen-bond acceptors (Lipinski definition) is 3. The topological polar surface area (TPSA) is 47.6 Å². The van der Waals surface area contributed by atoms with E-state index in [9.17, 15) is 4.79 Å². The van der Waals surface area contributed by atoms with Crippen molar-refractivity contribution in [3.63, 3.8) is 0 Å². The third-order valence-corrected chi connectivity index (χ3v) is 4.30. The molecule has 0 aliphatic carbocycles. The fourth-order valence-electron chi connectivity index (χ4n) is 2.72. The fourth-order valence-corrected chi connectivity index (χ4v) is 2.99. The summed E-state index contributed by atoms with van der Waals surface area (Å²) in [5.41, 5.74) is 3.77. The first-order valence-electron chi connectivity index (χ1n) is 8.97. The second kappa shape index (κ2) is 9.47. The molecule has 0 heterocycles. The van der Waals surface area contributed by atoms with Gasteiger partial charge in [-0.3, -0.25) is 4.79 Å². The number of methoxy groups -OCH3 is 1. The highest BCUT2D eigenvalue weighted by molar-refractivity contribution is 6.32. The zero-order valence-corrected chi connectivity index (χ0v) is 17.2. The number of carbonyl (C=O) groups excluding carboxylic acids is 1. The van der Waals surface area contributed by atoms with E-state index in [1.165, 1.54) is 6.08 Å². The lowest BCUT2D eigenvalue weighted by Gasteiger charge is -2.15. The number of para-hydroxylation sites is 1. The van der Waals surface area contributed by atoms with Crippen molar-refractivity contribution in [3.8, 4) is 11.5 Å². The van der Waals surface area contributed by atoms with Crippen molar-refractivity contribution >= 4 is 29.3 Å². The van der Waals surface area contributed by atoms with E-state index < -0.39 is 0 Å². The first kappa shape index (κ1) is 20.8. The third kappa shape index (κ3) is 5.51. The molecule has 0 radical (unpaired) electrons. The van der Waals surface area contributed by atoms with Gasteiger partial charge < -0.3 is 14.8 Å². The van der Waals surface area contributed by atoms with Gasteiger partial charge in [-0.25, -0.2) is 0 Å². The molecule has 0 fully saturated rings. The molecule has 0 aliphatic heterocycles. The molecule has 144 valence electrons. The molecule has 0 aliphatic rings. The number of amides is 1. The molecule has 0 atom stereocenters. The summed E-state index contributed by atoms with van der Waals surface area (Å²) < 4.78 is 11.1. The molecule has 0 aromatic heterocycles. The van der Waals surface area contributed by atoms with Crippen LogP contribution in [0.1, 0.15) is 37.5 Å². The van der Waals surface area contributed by atoms with Crippen LogP contribution in [-0.2, 0) is 11.2 Å². The monoisotopic (exact) mass is 387 g/mol. The summed E-state index contributed by atoms with van der Waals surface area (Å²) in [6.45, 7) is 7.89. The van der Waals surface area contributed by atoms with Crippen molar-refractivity contribution < 1.29 is 14.3 Å². The first-order valence-corrected chi connectivity index (χ1v) is 9.35. The molecule has 27 heavy (non-hydrogen) atoms. The van der Waals surface area contributed by atoms with Crippen LogP contribution in [0.15, 0.2) is 36.4 Å². The lowest BCUT2D eigenvalue weighted by atomic mass is 10.1. The van der Waals surface area contributed by atoms with Crippen molar-refractivity contribution in [1.29, 1.82) is 0 Å². The van der Waals surface area contributed by atoms with Crippen LogP contribution < -0.4 is 14.8 Å². The SMILES string of the molecule is CCc1cccc(C)c1NC(=O)/C=C/c1cc(Cl)c(OC(C)C)c(OC)c1. The van der Waals surface area contributed by atoms with Crippen molar-refractivity contribution in [2.24, 2.45) is 0 Å². The molecular weight excluding hydrogens is 362 g/mol. The standard InChI is InChI=1S/C22H26ClNO3/c1-6-17-9-7-8-15(4)21(17)24-20(25)11-10-16-12-18(23)22(27-14(2)3)19(13-16)26-5/h7-14H,6H2,1-5H3,(H,24,25)/b11-10+. The number of ether oxygens (including phenoxy) is 2. The number of benzene rings is 2. The smallest absolute Gasteiger partial charge is 0.248 e. The lowest BCUT2D eigenvalue weighted by molar-refractivity contribution is -0.111. The van der Waals surface area contributed by atoms with Crippen LogP contribution in [0.2, 0.25) is 5.02 Å². The Bertz CT molecular complexity index is 844. The predicted octanol–water partition coefficient (Wildman–Crippen LogP) is 5.66. The van der Waals surface area contributed by atoms with Gasteiger partial charge in [0, 0.05) is 11.8 Å². The Hall–Kier alpha value is -2.46. The Balaban J connectivity index is 2.20. The summed E-state index contributed by atoms with van der Waals surface area (Å²) in [5, 5.41) is 3.41. The molecule has 0 spiro atoms. The van der Waals surface area contributed by atoms with Gasteiger partial charge in [0.25, 0.3) is 0 Å². The zero-order chi connectivity index (χ0) is 20.0. The van der Waals surface area contributed by atoms with Gasteiger partial charge >= 0.3 is 0 Å². The van der Waals surface area contributed by atoms with Gasteiger partial charge in [0.05, 0.1) is 18.2 Å². The van der Waals surface area contributed by atoms with Crippen LogP contribution in [-0.4, -0.2) is 19.1 Å². The fraction of sp³-hybridized carbons (Fsp3) is 0.318. The predicted molar refractivity (Wildman–Crippen MR) is 112 cm³/mol. The van der Waals surface area contributed by atoms with Crippen LogP contribution in [0.5, 0.6) is 11.5 Å². The summed E-state index contributed by atoms with van der Waals surface area (Å²) in [6.07, 6.45) is 4.02. The molecule has 0 saturated heterocycles. The minimum atomic E-state index is -0.198. The molecule has 0 bridgehead atoms. The lowest BCUT2D eigenvalue weighted by Crippen LogP contribution is -2.11. The minimum absolute atomic E-state index is 0.0227. The number of halogens is 1. The Morgan fingerprint density at radius 2 is 2.04 bits per heavy atom.